The highest BCUT2D eigenvalue weighted by Gasteiger charge is 2.15. The van der Waals surface area contributed by atoms with Crippen LogP contribution in [0.4, 0.5) is 0 Å². The second-order valence-electron chi connectivity index (χ2n) is 5.85. The number of carbonyl (C=O) groups excluding carboxylic acids is 3. The summed E-state index contributed by atoms with van der Waals surface area (Å²) in [5.74, 6) is -1.42. The van der Waals surface area contributed by atoms with Crippen LogP contribution in [0.5, 0.6) is 0 Å². The van der Waals surface area contributed by atoms with E-state index >= 15 is 0 Å². The smallest absolute Gasteiger partial charge is 0.338 e. The highest BCUT2D eigenvalue weighted by Crippen LogP contribution is 2.22. The Labute approximate surface area is 130 Å². The van der Waals surface area contributed by atoms with Gasteiger partial charge in [0.25, 0.3) is 5.91 Å². The van der Waals surface area contributed by atoms with Gasteiger partial charge in [0.15, 0.2) is 6.61 Å². The molecular formula is C16H22N2O4. The summed E-state index contributed by atoms with van der Waals surface area (Å²) in [6.45, 7) is 5.68. The number of esters is 1. The van der Waals surface area contributed by atoms with Crippen LogP contribution >= 0.6 is 0 Å². The molecule has 0 bridgehead atoms. The minimum absolute atomic E-state index is 0.00215. The molecule has 0 aliphatic heterocycles. The van der Waals surface area contributed by atoms with Crippen molar-refractivity contribution in [3.8, 4) is 0 Å². The van der Waals surface area contributed by atoms with Crippen LogP contribution in [0, 0.1) is 0 Å². The summed E-state index contributed by atoms with van der Waals surface area (Å²) in [5, 5.41) is 4.71. The van der Waals surface area contributed by atoms with Crippen molar-refractivity contribution < 1.29 is 19.1 Å². The van der Waals surface area contributed by atoms with Gasteiger partial charge in [0.1, 0.15) is 0 Å². The van der Waals surface area contributed by atoms with Gasteiger partial charge in [-0.15, -0.1) is 0 Å². The molecule has 6 heteroatoms. The normalized spacial score (nSPS) is 10.7. The van der Waals surface area contributed by atoms with Crippen LogP contribution in [0.2, 0.25) is 0 Å². The van der Waals surface area contributed by atoms with Crippen LogP contribution in [0.15, 0.2) is 24.3 Å². The molecule has 2 N–H and O–H groups in total. The Bertz CT molecular complexity index is 544. The predicted octanol–water partition coefficient (Wildman–Crippen LogP) is 1.00. The average Bonchev–Trinajstić information content (AvgIpc) is 2.49. The molecule has 0 spiro atoms. The number of likely N-dealkylation sites (N-methyl/N-ethyl adjacent to an activating group) is 1. The molecule has 0 aliphatic rings. The van der Waals surface area contributed by atoms with E-state index in [1.54, 1.807) is 12.1 Å². The Kier molecular flexibility index (Phi) is 6.10. The monoisotopic (exact) mass is 306 g/mol. The maximum Gasteiger partial charge on any atom is 0.338 e. The Morgan fingerprint density at radius 1 is 1.05 bits per heavy atom. The summed E-state index contributed by atoms with van der Waals surface area (Å²) in [5.41, 5.74) is 1.49. The van der Waals surface area contributed by atoms with Crippen LogP contribution in [-0.2, 0) is 19.7 Å². The third-order valence-electron chi connectivity index (χ3n) is 3.05. The molecule has 0 unspecified atom stereocenters. The fraction of sp³-hybridized carbons (Fsp3) is 0.438. The minimum atomic E-state index is -0.574. The number of rotatable bonds is 5. The van der Waals surface area contributed by atoms with Gasteiger partial charge in [-0.05, 0) is 23.1 Å². The fourth-order valence-corrected chi connectivity index (χ4v) is 1.64. The zero-order valence-electron chi connectivity index (χ0n) is 13.4. The van der Waals surface area contributed by atoms with Gasteiger partial charge in [0.05, 0.1) is 12.1 Å². The molecule has 120 valence electrons. The maximum absolute atomic E-state index is 11.8. The van der Waals surface area contributed by atoms with E-state index in [-0.39, 0.29) is 17.9 Å². The molecule has 0 heterocycles. The summed E-state index contributed by atoms with van der Waals surface area (Å²) in [7, 11) is 1.47. The number of ether oxygens (including phenoxy) is 1. The van der Waals surface area contributed by atoms with Crippen molar-refractivity contribution in [3.05, 3.63) is 35.4 Å². The van der Waals surface area contributed by atoms with Crippen molar-refractivity contribution >= 4 is 17.8 Å². The highest BCUT2D eigenvalue weighted by molar-refractivity contribution is 5.92. The quantitative estimate of drug-likeness (QED) is 0.795. The Hall–Kier alpha value is -2.37. The second-order valence-corrected chi connectivity index (χ2v) is 5.85. The first-order valence-electron chi connectivity index (χ1n) is 6.99. The molecule has 0 saturated heterocycles. The molecule has 6 nitrogen and oxygen atoms in total. The molecule has 2 amide bonds. The average molecular weight is 306 g/mol. The Balaban J connectivity index is 2.49. The van der Waals surface area contributed by atoms with Gasteiger partial charge in [0, 0.05) is 7.05 Å². The SMILES string of the molecule is CNC(=O)CNC(=O)COC(=O)c1ccc(C(C)(C)C)cc1. The van der Waals surface area contributed by atoms with E-state index < -0.39 is 18.5 Å². The van der Waals surface area contributed by atoms with Gasteiger partial charge in [-0.1, -0.05) is 32.9 Å². The van der Waals surface area contributed by atoms with Gasteiger partial charge in [-0.3, -0.25) is 9.59 Å². The van der Waals surface area contributed by atoms with E-state index in [1.165, 1.54) is 7.05 Å². The molecule has 0 saturated carbocycles. The molecule has 1 aromatic rings. The van der Waals surface area contributed by atoms with E-state index in [9.17, 15) is 14.4 Å². The van der Waals surface area contributed by atoms with Crippen molar-refractivity contribution in [1.29, 1.82) is 0 Å². The molecule has 22 heavy (non-hydrogen) atoms. The first-order chi connectivity index (χ1) is 10.2. The van der Waals surface area contributed by atoms with Gasteiger partial charge >= 0.3 is 5.97 Å². The van der Waals surface area contributed by atoms with Crippen LogP contribution in [0.3, 0.4) is 0 Å². The third-order valence-corrected chi connectivity index (χ3v) is 3.05. The number of hydrogen-bond acceptors (Lipinski definition) is 4. The van der Waals surface area contributed by atoms with Crippen LogP contribution in [0.1, 0.15) is 36.7 Å². The van der Waals surface area contributed by atoms with E-state index in [0.717, 1.165) is 5.56 Å². The zero-order valence-corrected chi connectivity index (χ0v) is 13.4. The molecular weight excluding hydrogens is 284 g/mol. The predicted molar refractivity (Wildman–Crippen MR) is 82.5 cm³/mol. The summed E-state index contributed by atoms with van der Waals surface area (Å²) in [6.07, 6.45) is 0. The molecule has 1 rings (SSSR count). The first-order valence-corrected chi connectivity index (χ1v) is 6.99. The molecule has 0 fully saturated rings. The van der Waals surface area contributed by atoms with E-state index in [0.29, 0.717) is 5.56 Å². The van der Waals surface area contributed by atoms with Gasteiger partial charge in [0.2, 0.25) is 5.91 Å². The lowest BCUT2D eigenvalue weighted by atomic mass is 9.87. The van der Waals surface area contributed by atoms with Crippen molar-refractivity contribution in [3.63, 3.8) is 0 Å². The van der Waals surface area contributed by atoms with Crippen LogP contribution < -0.4 is 10.6 Å². The number of carbonyl (C=O) groups is 3. The van der Waals surface area contributed by atoms with Gasteiger partial charge in [-0.2, -0.15) is 0 Å². The molecule has 0 aromatic heterocycles. The zero-order chi connectivity index (χ0) is 16.8. The maximum atomic E-state index is 11.8. The van der Waals surface area contributed by atoms with E-state index in [4.69, 9.17) is 4.74 Å². The van der Waals surface area contributed by atoms with Crippen molar-refractivity contribution in [1.82, 2.24) is 10.6 Å². The van der Waals surface area contributed by atoms with Crippen molar-refractivity contribution in [2.24, 2.45) is 0 Å². The number of benzene rings is 1. The highest BCUT2D eigenvalue weighted by atomic mass is 16.5. The largest absolute Gasteiger partial charge is 0.452 e. The Morgan fingerprint density at radius 3 is 2.14 bits per heavy atom. The fourth-order valence-electron chi connectivity index (χ4n) is 1.64. The molecule has 1 aromatic carbocycles. The third kappa shape index (κ3) is 5.55. The lowest BCUT2D eigenvalue weighted by Crippen LogP contribution is -2.37. The number of nitrogens with one attached hydrogen (secondary N) is 2. The number of amides is 2. The molecule has 0 aliphatic carbocycles. The minimum Gasteiger partial charge on any atom is -0.452 e. The first kappa shape index (κ1) is 17.7. The summed E-state index contributed by atoms with van der Waals surface area (Å²) >= 11 is 0. The summed E-state index contributed by atoms with van der Waals surface area (Å²) in [4.78, 5) is 34.2. The van der Waals surface area contributed by atoms with E-state index in [1.807, 2.05) is 12.1 Å². The lowest BCUT2D eigenvalue weighted by molar-refractivity contribution is -0.127. The molecule has 0 radical (unpaired) electrons. The van der Waals surface area contributed by atoms with Gasteiger partial charge < -0.3 is 15.4 Å². The second kappa shape index (κ2) is 7.59. The van der Waals surface area contributed by atoms with Crippen molar-refractivity contribution in [2.75, 3.05) is 20.2 Å². The Morgan fingerprint density at radius 2 is 1.64 bits per heavy atom. The van der Waals surface area contributed by atoms with E-state index in [2.05, 4.69) is 31.4 Å². The summed E-state index contributed by atoms with van der Waals surface area (Å²) in [6, 6.07) is 7.07. The van der Waals surface area contributed by atoms with Crippen LogP contribution in [-0.4, -0.2) is 38.0 Å². The lowest BCUT2D eigenvalue weighted by Gasteiger charge is -2.18. The topological polar surface area (TPSA) is 84.5 Å². The number of hydrogen-bond donors (Lipinski definition) is 2. The van der Waals surface area contributed by atoms with Crippen LogP contribution in [0.25, 0.3) is 0 Å². The standard InChI is InChI=1S/C16H22N2O4/c1-16(2,3)12-7-5-11(6-8-12)15(21)22-10-14(20)18-9-13(19)17-4/h5-8H,9-10H2,1-4H3,(H,17,19)(H,18,20). The van der Waals surface area contributed by atoms with Gasteiger partial charge in [-0.25, -0.2) is 4.79 Å². The summed E-state index contributed by atoms with van der Waals surface area (Å²) < 4.78 is 4.90. The van der Waals surface area contributed by atoms with Crippen molar-refractivity contribution in [2.45, 2.75) is 26.2 Å². The molecule has 0 atom stereocenters.